The summed E-state index contributed by atoms with van der Waals surface area (Å²) in [5.74, 6) is 5.99. The van der Waals surface area contributed by atoms with Crippen LogP contribution in [0.5, 0.6) is 5.75 Å². The van der Waals surface area contributed by atoms with E-state index in [1.54, 1.807) is 17.0 Å². The van der Waals surface area contributed by atoms with Crippen LogP contribution in [0.1, 0.15) is 18.4 Å². The molecule has 6 nitrogen and oxygen atoms in total. The number of nitrogens with zero attached hydrogens (tertiary/aromatic N) is 1. The molecule has 0 radical (unpaired) electrons. The van der Waals surface area contributed by atoms with Gasteiger partial charge in [-0.1, -0.05) is 24.1 Å². The van der Waals surface area contributed by atoms with Crippen LogP contribution in [0.3, 0.4) is 0 Å². The third-order valence-electron chi connectivity index (χ3n) is 4.83. The molecule has 1 heterocycles. The summed E-state index contributed by atoms with van der Waals surface area (Å²) < 4.78 is 32.7. The van der Waals surface area contributed by atoms with Crippen LogP contribution in [0.25, 0.3) is 0 Å². The van der Waals surface area contributed by atoms with Crippen molar-refractivity contribution in [3.8, 4) is 17.6 Å². The summed E-state index contributed by atoms with van der Waals surface area (Å²) in [6, 6.07) is 15.6. The number of hydrogen-bond donors (Lipinski definition) is 1. The Morgan fingerprint density at radius 2 is 1.90 bits per heavy atom. The molecule has 152 valence electrons. The first-order chi connectivity index (χ1) is 14.0. The van der Waals surface area contributed by atoms with Crippen LogP contribution >= 0.6 is 0 Å². The van der Waals surface area contributed by atoms with E-state index < -0.39 is 10.0 Å². The molecule has 1 fully saturated rings. The Morgan fingerprint density at radius 3 is 2.59 bits per heavy atom. The van der Waals surface area contributed by atoms with Crippen LogP contribution in [-0.2, 0) is 14.8 Å². The predicted octanol–water partition coefficient (Wildman–Crippen LogP) is 2.26. The van der Waals surface area contributed by atoms with Crippen molar-refractivity contribution in [1.82, 2.24) is 9.62 Å². The predicted molar refractivity (Wildman–Crippen MR) is 111 cm³/mol. The Balaban J connectivity index is 1.56. The first kappa shape index (κ1) is 20.9. The number of rotatable bonds is 5. The molecule has 29 heavy (non-hydrogen) atoms. The van der Waals surface area contributed by atoms with E-state index in [1.165, 1.54) is 19.2 Å². The Morgan fingerprint density at radius 1 is 1.17 bits per heavy atom. The van der Waals surface area contributed by atoms with E-state index in [-0.39, 0.29) is 23.3 Å². The molecule has 1 unspecified atom stereocenters. The second kappa shape index (κ2) is 9.59. The van der Waals surface area contributed by atoms with Gasteiger partial charge in [0.05, 0.1) is 12.0 Å². The highest BCUT2D eigenvalue weighted by atomic mass is 32.2. The average Bonchev–Trinajstić information content (AvgIpc) is 2.77. The lowest BCUT2D eigenvalue weighted by atomic mass is 9.98. The van der Waals surface area contributed by atoms with Gasteiger partial charge < -0.3 is 9.64 Å². The summed E-state index contributed by atoms with van der Waals surface area (Å²) in [7, 11) is -2.08. The Bertz CT molecular complexity index is 993. The molecule has 0 aliphatic carbocycles. The molecular formula is C22H24N2O4S. The number of piperidine rings is 1. The molecule has 1 saturated heterocycles. The zero-order valence-corrected chi connectivity index (χ0v) is 17.1. The number of ether oxygens (including phenoxy) is 1. The van der Waals surface area contributed by atoms with Gasteiger partial charge in [0.15, 0.2) is 0 Å². The van der Waals surface area contributed by atoms with Crippen molar-refractivity contribution in [2.75, 3.05) is 26.7 Å². The van der Waals surface area contributed by atoms with Crippen molar-refractivity contribution in [2.45, 2.75) is 17.7 Å². The van der Waals surface area contributed by atoms with Gasteiger partial charge in [0.25, 0.3) is 5.91 Å². The fourth-order valence-electron chi connectivity index (χ4n) is 3.21. The normalized spacial score (nSPS) is 16.6. The van der Waals surface area contributed by atoms with Crippen LogP contribution in [0.4, 0.5) is 0 Å². The zero-order chi connectivity index (χ0) is 20.7. The monoisotopic (exact) mass is 412 g/mol. The number of benzene rings is 2. The molecule has 0 bridgehead atoms. The molecule has 2 aromatic rings. The molecule has 1 N–H and O–H groups in total. The van der Waals surface area contributed by atoms with Crippen LogP contribution < -0.4 is 9.46 Å². The highest BCUT2D eigenvalue weighted by molar-refractivity contribution is 7.89. The number of amides is 1. The molecule has 7 heteroatoms. The van der Waals surface area contributed by atoms with Gasteiger partial charge in [-0.2, -0.15) is 0 Å². The maximum absolute atomic E-state index is 12.5. The fourth-order valence-corrected chi connectivity index (χ4v) is 4.32. The Labute approximate surface area is 171 Å². The number of carbonyl (C=O) groups excluding carboxylic acids is 1. The topological polar surface area (TPSA) is 75.7 Å². The molecule has 0 aromatic heterocycles. The second-order valence-corrected chi connectivity index (χ2v) is 8.67. The third kappa shape index (κ3) is 5.83. The van der Waals surface area contributed by atoms with Gasteiger partial charge in [0.2, 0.25) is 10.0 Å². The number of nitrogens with one attached hydrogen (secondary N) is 1. The summed E-state index contributed by atoms with van der Waals surface area (Å²) in [5, 5.41) is 0. The van der Waals surface area contributed by atoms with Gasteiger partial charge in [-0.15, -0.1) is 0 Å². The van der Waals surface area contributed by atoms with Crippen LogP contribution in [0.15, 0.2) is 59.5 Å². The lowest BCUT2D eigenvalue weighted by Gasteiger charge is -2.31. The number of sulfonamides is 1. The maximum atomic E-state index is 12.5. The summed E-state index contributed by atoms with van der Waals surface area (Å²) in [5.41, 5.74) is 0.793. The molecule has 1 amide bonds. The minimum absolute atomic E-state index is 0.0549. The fraction of sp³-hybridized carbons (Fsp3) is 0.318. The first-order valence-electron chi connectivity index (χ1n) is 9.47. The van der Waals surface area contributed by atoms with Gasteiger partial charge in [-0.05, 0) is 55.2 Å². The van der Waals surface area contributed by atoms with Crippen LogP contribution in [0, 0.1) is 17.8 Å². The summed E-state index contributed by atoms with van der Waals surface area (Å²) in [6.07, 6.45) is 1.69. The van der Waals surface area contributed by atoms with Gasteiger partial charge in [0.1, 0.15) is 5.75 Å². The number of carbonyl (C=O) groups is 1. The van der Waals surface area contributed by atoms with Crippen molar-refractivity contribution in [3.05, 3.63) is 60.2 Å². The highest BCUT2D eigenvalue weighted by Gasteiger charge is 2.24. The lowest BCUT2D eigenvalue weighted by Crippen LogP contribution is -2.43. The largest absolute Gasteiger partial charge is 0.497 e. The van der Waals surface area contributed by atoms with Crippen molar-refractivity contribution in [1.29, 1.82) is 0 Å². The standard InChI is InChI=1S/C22H24N2O4S/c1-28-20-10-12-21(13-11-20)29(26,27)23-16-19-8-5-15-24(17-19)22(25)14-9-18-6-3-2-4-7-18/h2-4,6-7,10-13,19,23H,5,8,15-17H2,1H3. The van der Waals surface area contributed by atoms with Crippen molar-refractivity contribution >= 4 is 15.9 Å². The average molecular weight is 413 g/mol. The summed E-state index contributed by atoms with van der Waals surface area (Å²) in [6.45, 7) is 1.42. The van der Waals surface area contributed by atoms with Crippen molar-refractivity contribution in [2.24, 2.45) is 5.92 Å². The zero-order valence-electron chi connectivity index (χ0n) is 16.3. The van der Waals surface area contributed by atoms with Crippen LogP contribution in [-0.4, -0.2) is 46.0 Å². The molecule has 1 atom stereocenters. The van der Waals surface area contributed by atoms with Crippen molar-refractivity contribution in [3.63, 3.8) is 0 Å². The van der Waals surface area contributed by atoms with Gasteiger partial charge >= 0.3 is 0 Å². The number of likely N-dealkylation sites (tertiary alicyclic amines) is 1. The number of methoxy groups -OCH3 is 1. The van der Waals surface area contributed by atoms with Crippen molar-refractivity contribution < 1.29 is 17.9 Å². The number of hydrogen-bond acceptors (Lipinski definition) is 4. The van der Waals surface area contributed by atoms with E-state index >= 15 is 0 Å². The molecule has 2 aromatic carbocycles. The van der Waals surface area contributed by atoms with E-state index in [0.29, 0.717) is 18.8 Å². The Kier molecular flexibility index (Phi) is 6.91. The van der Waals surface area contributed by atoms with Gasteiger partial charge in [-0.3, -0.25) is 4.79 Å². The first-order valence-corrected chi connectivity index (χ1v) is 11.0. The smallest absolute Gasteiger partial charge is 0.298 e. The van der Waals surface area contributed by atoms with E-state index in [0.717, 1.165) is 18.4 Å². The lowest BCUT2D eigenvalue weighted by molar-refractivity contribution is -0.126. The van der Waals surface area contributed by atoms with E-state index in [1.807, 2.05) is 30.3 Å². The quantitative estimate of drug-likeness (QED) is 0.765. The second-order valence-electron chi connectivity index (χ2n) is 6.90. The van der Waals surface area contributed by atoms with Gasteiger partial charge in [-0.25, -0.2) is 13.1 Å². The summed E-state index contributed by atoms with van der Waals surface area (Å²) >= 11 is 0. The maximum Gasteiger partial charge on any atom is 0.298 e. The van der Waals surface area contributed by atoms with Gasteiger partial charge in [0, 0.05) is 31.1 Å². The third-order valence-corrected chi connectivity index (χ3v) is 6.27. The van der Waals surface area contributed by atoms with E-state index in [4.69, 9.17) is 4.74 Å². The van der Waals surface area contributed by atoms with E-state index in [9.17, 15) is 13.2 Å². The molecule has 1 aliphatic heterocycles. The molecule has 0 saturated carbocycles. The molecule has 0 spiro atoms. The van der Waals surface area contributed by atoms with Crippen LogP contribution in [0.2, 0.25) is 0 Å². The Hall–Kier alpha value is -2.82. The molecular weight excluding hydrogens is 388 g/mol. The minimum Gasteiger partial charge on any atom is -0.497 e. The highest BCUT2D eigenvalue weighted by Crippen LogP contribution is 2.18. The molecule has 1 aliphatic rings. The SMILES string of the molecule is COc1ccc(S(=O)(=O)NCC2CCCN(C(=O)C#Cc3ccccc3)C2)cc1. The molecule has 3 rings (SSSR count). The summed E-state index contributed by atoms with van der Waals surface area (Å²) in [4.78, 5) is 14.3. The van der Waals surface area contributed by atoms with E-state index in [2.05, 4.69) is 16.6 Å². The minimum atomic E-state index is -3.61.